The standard InChI is InChI=1S/C27H36N4O6/c1-6-35-24-15-21(16-29-31-27(34)26(33)28-12-7-13-36-18(2)3)9-11-23(24)37-17-25(32)30-22-10-8-19(4)20(5)14-22/h8-11,14-16,18H,6-7,12-13,17H2,1-5H3,(H,28,33)(H,30,32)(H,31,34)/b29-16-. The summed E-state index contributed by atoms with van der Waals surface area (Å²) in [6.45, 7) is 10.7. The molecule has 0 aliphatic rings. The summed E-state index contributed by atoms with van der Waals surface area (Å²) in [5, 5.41) is 9.14. The number of amides is 3. The van der Waals surface area contributed by atoms with Crippen molar-refractivity contribution in [2.24, 2.45) is 5.10 Å². The van der Waals surface area contributed by atoms with Gasteiger partial charge in [-0.1, -0.05) is 6.07 Å². The number of aryl methyl sites for hydroxylation is 2. The Morgan fingerprint density at radius 1 is 0.973 bits per heavy atom. The Hall–Kier alpha value is -3.92. The van der Waals surface area contributed by atoms with Crippen molar-refractivity contribution in [3.63, 3.8) is 0 Å². The molecule has 0 aromatic heterocycles. The van der Waals surface area contributed by atoms with Crippen LogP contribution in [-0.4, -0.2) is 56.4 Å². The Balaban J connectivity index is 1.86. The Kier molecular flexibility index (Phi) is 12.1. The molecule has 2 aromatic rings. The Labute approximate surface area is 217 Å². The van der Waals surface area contributed by atoms with Crippen molar-refractivity contribution in [3.8, 4) is 11.5 Å². The molecule has 37 heavy (non-hydrogen) atoms. The zero-order valence-corrected chi connectivity index (χ0v) is 22.1. The SMILES string of the molecule is CCOc1cc(/C=N\NC(=O)C(=O)NCCCOC(C)C)ccc1OCC(=O)Nc1ccc(C)c(C)c1. The van der Waals surface area contributed by atoms with E-state index in [1.54, 1.807) is 18.2 Å². The fourth-order valence-electron chi connectivity index (χ4n) is 3.04. The van der Waals surface area contributed by atoms with E-state index in [9.17, 15) is 14.4 Å². The van der Waals surface area contributed by atoms with E-state index in [0.717, 1.165) is 11.1 Å². The van der Waals surface area contributed by atoms with Gasteiger partial charge in [0.25, 0.3) is 5.91 Å². The molecular formula is C27H36N4O6. The molecule has 2 aromatic carbocycles. The van der Waals surface area contributed by atoms with Gasteiger partial charge in [0.15, 0.2) is 18.1 Å². The lowest BCUT2D eigenvalue weighted by Crippen LogP contribution is -2.38. The molecule has 0 saturated heterocycles. The average Bonchev–Trinajstić information content (AvgIpc) is 2.85. The lowest BCUT2D eigenvalue weighted by molar-refractivity contribution is -0.139. The minimum atomic E-state index is -0.874. The first-order valence-corrected chi connectivity index (χ1v) is 12.2. The Morgan fingerprint density at radius 2 is 1.76 bits per heavy atom. The number of nitrogens with one attached hydrogen (secondary N) is 3. The number of ether oxygens (including phenoxy) is 3. The summed E-state index contributed by atoms with van der Waals surface area (Å²) in [5.41, 5.74) is 5.71. The number of carbonyl (C=O) groups is 3. The van der Waals surface area contributed by atoms with Crippen LogP contribution < -0.4 is 25.5 Å². The highest BCUT2D eigenvalue weighted by Crippen LogP contribution is 2.28. The fraction of sp³-hybridized carbons (Fsp3) is 0.407. The highest BCUT2D eigenvalue weighted by molar-refractivity contribution is 6.35. The summed E-state index contributed by atoms with van der Waals surface area (Å²) in [7, 11) is 0. The zero-order valence-electron chi connectivity index (χ0n) is 22.1. The highest BCUT2D eigenvalue weighted by Gasteiger charge is 2.12. The van der Waals surface area contributed by atoms with Crippen LogP contribution in [0, 0.1) is 13.8 Å². The van der Waals surface area contributed by atoms with Gasteiger partial charge in [0.1, 0.15) is 0 Å². The second kappa shape index (κ2) is 15.2. The topological polar surface area (TPSA) is 127 Å². The number of hydrogen-bond acceptors (Lipinski definition) is 7. The van der Waals surface area contributed by atoms with E-state index in [-0.39, 0.29) is 18.6 Å². The molecule has 0 spiro atoms. The average molecular weight is 513 g/mol. The molecule has 0 aliphatic heterocycles. The first kappa shape index (κ1) is 29.3. The maximum atomic E-state index is 12.3. The van der Waals surface area contributed by atoms with Crippen LogP contribution in [0.15, 0.2) is 41.5 Å². The van der Waals surface area contributed by atoms with Gasteiger partial charge in [-0.2, -0.15) is 5.10 Å². The second-order valence-electron chi connectivity index (χ2n) is 8.50. The largest absolute Gasteiger partial charge is 0.490 e. The summed E-state index contributed by atoms with van der Waals surface area (Å²) in [5.74, 6) is -1.15. The summed E-state index contributed by atoms with van der Waals surface area (Å²) >= 11 is 0. The maximum Gasteiger partial charge on any atom is 0.329 e. The van der Waals surface area contributed by atoms with Crippen molar-refractivity contribution in [2.75, 3.05) is 31.7 Å². The molecule has 0 bridgehead atoms. The van der Waals surface area contributed by atoms with Gasteiger partial charge in [-0.05, 0) is 88.1 Å². The molecular weight excluding hydrogens is 476 g/mol. The zero-order chi connectivity index (χ0) is 27.2. The number of benzene rings is 2. The van der Waals surface area contributed by atoms with Crippen LogP contribution in [0.25, 0.3) is 0 Å². The smallest absolute Gasteiger partial charge is 0.329 e. The van der Waals surface area contributed by atoms with Gasteiger partial charge < -0.3 is 24.8 Å². The number of rotatable bonds is 13. The van der Waals surface area contributed by atoms with Crippen LogP contribution in [-0.2, 0) is 19.1 Å². The molecule has 3 N–H and O–H groups in total. The van der Waals surface area contributed by atoms with Crippen LogP contribution in [0.2, 0.25) is 0 Å². The van der Waals surface area contributed by atoms with Crippen molar-refractivity contribution < 1.29 is 28.6 Å². The van der Waals surface area contributed by atoms with Crippen molar-refractivity contribution >= 4 is 29.6 Å². The van der Waals surface area contributed by atoms with E-state index in [1.165, 1.54) is 6.21 Å². The molecule has 3 amide bonds. The van der Waals surface area contributed by atoms with Gasteiger partial charge in [0, 0.05) is 18.8 Å². The minimum Gasteiger partial charge on any atom is -0.490 e. The molecule has 0 saturated carbocycles. The molecule has 0 aliphatic carbocycles. The summed E-state index contributed by atoms with van der Waals surface area (Å²) < 4.78 is 16.7. The van der Waals surface area contributed by atoms with E-state index < -0.39 is 11.8 Å². The molecule has 0 atom stereocenters. The summed E-state index contributed by atoms with van der Waals surface area (Å²) in [6.07, 6.45) is 2.09. The lowest BCUT2D eigenvalue weighted by atomic mass is 10.1. The fourth-order valence-corrected chi connectivity index (χ4v) is 3.04. The Bertz CT molecular complexity index is 1100. The first-order chi connectivity index (χ1) is 17.7. The molecule has 0 fully saturated rings. The van der Waals surface area contributed by atoms with Gasteiger partial charge >= 0.3 is 11.8 Å². The van der Waals surface area contributed by atoms with E-state index in [0.29, 0.717) is 48.9 Å². The summed E-state index contributed by atoms with van der Waals surface area (Å²) in [6, 6.07) is 10.7. The van der Waals surface area contributed by atoms with E-state index >= 15 is 0 Å². The number of hydrazone groups is 1. The molecule has 10 nitrogen and oxygen atoms in total. The van der Waals surface area contributed by atoms with Crippen molar-refractivity contribution in [1.29, 1.82) is 0 Å². The molecule has 0 unspecified atom stereocenters. The first-order valence-electron chi connectivity index (χ1n) is 12.2. The van der Waals surface area contributed by atoms with Crippen LogP contribution in [0.1, 0.15) is 43.9 Å². The predicted octanol–water partition coefficient (Wildman–Crippen LogP) is 3.10. The second-order valence-corrected chi connectivity index (χ2v) is 8.50. The molecule has 0 heterocycles. The van der Waals surface area contributed by atoms with Gasteiger partial charge in [-0.25, -0.2) is 5.43 Å². The number of carbonyl (C=O) groups excluding carboxylic acids is 3. The third kappa shape index (κ3) is 10.7. The van der Waals surface area contributed by atoms with Gasteiger partial charge in [-0.15, -0.1) is 0 Å². The van der Waals surface area contributed by atoms with Crippen molar-refractivity contribution in [1.82, 2.24) is 10.7 Å². The number of anilines is 1. The van der Waals surface area contributed by atoms with Crippen molar-refractivity contribution in [2.45, 2.75) is 47.1 Å². The maximum absolute atomic E-state index is 12.3. The third-order valence-corrected chi connectivity index (χ3v) is 5.06. The van der Waals surface area contributed by atoms with Crippen molar-refractivity contribution in [3.05, 3.63) is 53.1 Å². The van der Waals surface area contributed by atoms with E-state index in [2.05, 4.69) is 21.2 Å². The lowest BCUT2D eigenvalue weighted by Gasteiger charge is -2.13. The van der Waals surface area contributed by atoms with E-state index in [4.69, 9.17) is 14.2 Å². The molecule has 2 rings (SSSR count). The predicted molar refractivity (Wildman–Crippen MR) is 142 cm³/mol. The van der Waals surface area contributed by atoms with Crippen LogP contribution >= 0.6 is 0 Å². The molecule has 200 valence electrons. The molecule has 10 heteroatoms. The highest BCUT2D eigenvalue weighted by atomic mass is 16.5. The van der Waals surface area contributed by atoms with Gasteiger partial charge in [0.05, 0.1) is 18.9 Å². The normalized spacial score (nSPS) is 10.9. The Morgan fingerprint density at radius 3 is 2.46 bits per heavy atom. The minimum absolute atomic E-state index is 0.116. The van der Waals surface area contributed by atoms with Crippen LogP contribution in [0.5, 0.6) is 11.5 Å². The van der Waals surface area contributed by atoms with Gasteiger partial charge in [-0.3, -0.25) is 14.4 Å². The quantitative estimate of drug-likeness (QED) is 0.164. The monoisotopic (exact) mass is 512 g/mol. The summed E-state index contributed by atoms with van der Waals surface area (Å²) in [4.78, 5) is 36.1. The molecule has 0 radical (unpaired) electrons. The third-order valence-electron chi connectivity index (χ3n) is 5.06. The van der Waals surface area contributed by atoms with Crippen LogP contribution in [0.4, 0.5) is 5.69 Å². The van der Waals surface area contributed by atoms with Crippen LogP contribution in [0.3, 0.4) is 0 Å². The van der Waals surface area contributed by atoms with Gasteiger partial charge in [0.2, 0.25) is 0 Å². The number of hydrogen-bond donors (Lipinski definition) is 3. The van der Waals surface area contributed by atoms with E-state index in [1.807, 2.05) is 52.8 Å². The number of nitrogens with zero attached hydrogens (tertiary/aromatic N) is 1.